The second-order valence-electron chi connectivity index (χ2n) is 1.23. The molecule has 0 amide bonds. The van der Waals surface area contributed by atoms with Gasteiger partial charge < -0.3 is 0 Å². The van der Waals surface area contributed by atoms with Crippen molar-refractivity contribution < 1.29 is 30.9 Å². The number of hydrogen-bond acceptors (Lipinski definition) is 1. The third-order valence-corrected chi connectivity index (χ3v) is 1.38. The van der Waals surface area contributed by atoms with E-state index in [2.05, 4.69) is 0 Å². The summed E-state index contributed by atoms with van der Waals surface area (Å²) in [4.78, 5) is 0. The highest BCUT2D eigenvalue weighted by Crippen LogP contribution is 2.55. The van der Waals surface area contributed by atoms with Crippen molar-refractivity contribution >= 4 is 7.80 Å². The molecule has 0 atom stereocenters. The second-order valence-corrected chi connectivity index (χ2v) is 2.83. The molecule has 0 aliphatic rings. The molecule has 0 fully saturated rings. The second kappa shape index (κ2) is 2.38. The molecule has 0 saturated heterocycles. The van der Waals surface area contributed by atoms with Crippen molar-refractivity contribution in [3.63, 3.8) is 0 Å². The lowest BCUT2D eigenvalue weighted by Crippen LogP contribution is -2.12. The van der Waals surface area contributed by atoms with Gasteiger partial charge in [0.25, 0.3) is 7.80 Å². The van der Waals surface area contributed by atoms with Gasteiger partial charge in [-0.25, -0.2) is 0 Å². The Labute approximate surface area is 51.8 Å². The third-order valence-electron chi connectivity index (χ3n) is 0.461. The van der Waals surface area contributed by atoms with E-state index < -0.39 is 19.6 Å². The topological polar surface area (TPSA) is 17.1 Å². The van der Waals surface area contributed by atoms with Crippen molar-refractivity contribution in [2.75, 3.05) is 0 Å². The Hall–Kier alpha value is -0.320. The van der Waals surface area contributed by atoms with E-state index in [9.17, 15) is 30.9 Å². The molecule has 0 aliphatic carbocycles. The van der Waals surface area contributed by atoms with Crippen LogP contribution < -0.4 is 0 Å². The molecule has 0 aromatic carbocycles. The highest BCUT2D eigenvalue weighted by Gasteiger charge is 2.55. The Kier molecular flexibility index (Phi) is 2.30. The van der Waals surface area contributed by atoms with Crippen molar-refractivity contribution in [1.29, 1.82) is 0 Å². The molecule has 0 aliphatic heterocycles. The van der Waals surface area contributed by atoms with E-state index in [1.165, 1.54) is 0 Å². The van der Waals surface area contributed by atoms with Crippen molar-refractivity contribution in [1.82, 2.24) is 0 Å². The summed E-state index contributed by atoms with van der Waals surface area (Å²) in [6.45, 7) is 0. The van der Waals surface area contributed by atoms with Crippen LogP contribution in [0.4, 0.5) is 26.3 Å². The molecular formula is C2F6OP. The molecule has 10 heavy (non-hydrogen) atoms. The summed E-state index contributed by atoms with van der Waals surface area (Å²) < 4.78 is 75.0. The van der Waals surface area contributed by atoms with Crippen LogP contribution in [-0.4, -0.2) is 11.8 Å². The van der Waals surface area contributed by atoms with Crippen LogP contribution in [0.5, 0.6) is 0 Å². The van der Waals surface area contributed by atoms with Gasteiger partial charge in [0.15, 0.2) is 0 Å². The fourth-order valence-electron chi connectivity index (χ4n) is 0.144. The third kappa shape index (κ3) is 2.51. The van der Waals surface area contributed by atoms with E-state index in [-0.39, 0.29) is 0 Å². The van der Waals surface area contributed by atoms with Crippen LogP contribution in [0, 0.1) is 0 Å². The zero-order chi connectivity index (χ0) is 8.58. The van der Waals surface area contributed by atoms with Gasteiger partial charge in [-0.1, -0.05) is 0 Å². The van der Waals surface area contributed by atoms with Crippen LogP contribution in [0.15, 0.2) is 0 Å². The summed E-state index contributed by atoms with van der Waals surface area (Å²) in [5.41, 5.74) is 0. The normalized spacial score (nSPS) is 13.4. The maximum Gasteiger partial charge on any atom is 0.470 e. The maximum atomic E-state index is 10.9. The van der Waals surface area contributed by atoms with Crippen LogP contribution in [0.3, 0.4) is 0 Å². The van der Waals surface area contributed by atoms with Crippen LogP contribution >= 0.6 is 7.80 Å². The minimum absolute atomic E-state index is 5.11. The molecule has 0 spiro atoms. The summed E-state index contributed by atoms with van der Waals surface area (Å²) in [7, 11) is -5.11. The fraction of sp³-hybridized carbons (Fsp3) is 1.00. The first-order chi connectivity index (χ1) is 4.15. The van der Waals surface area contributed by atoms with Crippen LogP contribution in [0.1, 0.15) is 0 Å². The van der Waals surface area contributed by atoms with E-state index in [0.717, 1.165) is 0 Å². The molecule has 0 unspecified atom stereocenters. The number of hydrogen-bond donors (Lipinski definition) is 0. The molecule has 0 N–H and O–H groups in total. The maximum absolute atomic E-state index is 10.9. The molecule has 1 nitrogen and oxygen atoms in total. The van der Waals surface area contributed by atoms with Crippen LogP contribution in [0.25, 0.3) is 0 Å². The zero-order valence-corrected chi connectivity index (χ0v) is 5.02. The highest BCUT2D eigenvalue weighted by molar-refractivity contribution is 7.46. The lowest BCUT2D eigenvalue weighted by molar-refractivity contribution is -0.0869. The monoisotopic (exact) mass is 185 g/mol. The zero-order valence-electron chi connectivity index (χ0n) is 4.12. The lowest BCUT2D eigenvalue weighted by atomic mass is 11.5. The van der Waals surface area contributed by atoms with E-state index >= 15 is 0 Å². The summed E-state index contributed by atoms with van der Waals surface area (Å²) in [5, 5.41) is 0. The van der Waals surface area contributed by atoms with E-state index in [1.807, 2.05) is 0 Å². The quantitative estimate of drug-likeness (QED) is 0.418. The van der Waals surface area contributed by atoms with Crippen molar-refractivity contribution in [2.45, 2.75) is 11.8 Å². The van der Waals surface area contributed by atoms with Crippen molar-refractivity contribution in [3.05, 3.63) is 0 Å². The van der Waals surface area contributed by atoms with Gasteiger partial charge in [-0.3, -0.25) is 4.57 Å². The number of alkyl halides is 6. The minimum Gasteiger partial charge on any atom is -0.268 e. The van der Waals surface area contributed by atoms with E-state index in [1.54, 1.807) is 0 Å². The average molecular weight is 185 g/mol. The van der Waals surface area contributed by atoms with Gasteiger partial charge in [-0.2, -0.15) is 26.3 Å². The average Bonchev–Trinajstić information content (AvgIpc) is 1.59. The Morgan fingerprint density at radius 1 is 0.800 bits per heavy atom. The largest absolute Gasteiger partial charge is 0.470 e. The van der Waals surface area contributed by atoms with Gasteiger partial charge in [-0.05, 0) is 0 Å². The summed E-state index contributed by atoms with van der Waals surface area (Å²) in [6, 6.07) is 0. The predicted molar refractivity (Wildman–Crippen MR) is 19.7 cm³/mol. The molecule has 0 bridgehead atoms. The van der Waals surface area contributed by atoms with Gasteiger partial charge in [-0.15, -0.1) is 0 Å². The molecule has 0 saturated carbocycles. The van der Waals surface area contributed by atoms with Gasteiger partial charge in [0.2, 0.25) is 0 Å². The predicted octanol–water partition coefficient (Wildman–Crippen LogP) is 2.85. The fourth-order valence-corrected chi connectivity index (χ4v) is 0.431. The minimum atomic E-state index is -5.67. The number of halogens is 6. The first-order valence-electron chi connectivity index (χ1n) is 1.76. The Morgan fingerprint density at radius 2 is 1.00 bits per heavy atom. The smallest absolute Gasteiger partial charge is 0.268 e. The summed E-state index contributed by atoms with van der Waals surface area (Å²) in [5.74, 6) is -11.3. The van der Waals surface area contributed by atoms with E-state index in [0.29, 0.717) is 0 Å². The van der Waals surface area contributed by atoms with Gasteiger partial charge in [0.05, 0.1) is 0 Å². The van der Waals surface area contributed by atoms with Crippen molar-refractivity contribution in [3.8, 4) is 0 Å². The van der Waals surface area contributed by atoms with Crippen LogP contribution in [0.2, 0.25) is 0 Å². The first kappa shape index (κ1) is 9.68. The summed E-state index contributed by atoms with van der Waals surface area (Å²) >= 11 is 0. The molecule has 8 heteroatoms. The Morgan fingerprint density at radius 3 is 1.00 bits per heavy atom. The number of rotatable bonds is 0. The molecular weight excluding hydrogens is 185 g/mol. The van der Waals surface area contributed by atoms with Gasteiger partial charge in [0, 0.05) is 0 Å². The standard InChI is InChI=1S/C2F6OP/c3-1(4,5)10(9)2(6,7)8. The van der Waals surface area contributed by atoms with Gasteiger partial charge in [0.1, 0.15) is 0 Å². The molecule has 0 rings (SSSR count). The Balaban J connectivity index is 4.40. The SMILES string of the molecule is O=[P](C(F)(F)F)C(F)(F)F. The molecule has 0 aromatic heterocycles. The molecule has 61 valence electrons. The van der Waals surface area contributed by atoms with Gasteiger partial charge >= 0.3 is 11.8 Å². The highest BCUT2D eigenvalue weighted by atomic mass is 31.1. The van der Waals surface area contributed by atoms with E-state index in [4.69, 9.17) is 0 Å². The Bertz CT molecular complexity index is 127. The van der Waals surface area contributed by atoms with Crippen LogP contribution in [-0.2, 0) is 4.57 Å². The summed E-state index contributed by atoms with van der Waals surface area (Å²) in [6.07, 6.45) is 0. The van der Waals surface area contributed by atoms with Crippen molar-refractivity contribution in [2.24, 2.45) is 0 Å². The molecule has 0 aromatic rings. The first-order valence-corrected chi connectivity index (χ1v) is 3.02. The molecule has 1 radical (unpaired) electrons. The lowest BCUT2D eigenvalue weighted by Gasteiger charge is -2.06. The molecule has 0 heterocycles.